The van der Waals surface area contributed by atoms with Crippen molar-refractivity contribution in [3.8, 4) is 0 Å². The zero-order valence-electron chi connectivity index (χ0n) is 13.1. The Labute approximate surface area is 120 Å². The molecule has 2 unspecified atom stereocenters. The second-order valence-electron chi connectivity index (χ2n) is 5.33. The SMILES string of the molecule is CCCCO[Si](C)(CCCN)OC(CCC)CCN. The lowest BCUT2D eigenvalue weighted by atomic mass is 10.1. The number of hydrogen-bond donors (Lipinski definition) is 2. The van der Waals surface area contributed by atoms with Gasteiger partial charge in [-0.15, -0.1) is 0 Å². The lowest BCUT2D eigenvalue weighted by Crippen LogP contribution is -2.43. The predicted molar refractivity (Wildman–Crippen MR) is 84.4 cm³/mol. The number of nitrogens with two attached hydrogens (primary N) is 2. The molecule has 0 saturated carbocycles. The van der Waals surface area contributed by atoms with Gasteiger partial charge in [-0.25, -0.2) is 0 Å². The van der Waals surface area contributed by atoms with Gasteiger partial charge in [0.1, 0.15) is 0 Å². The molecule has 0 amide bonds. The minimum absolute atomic E-state index is 0.256. The van der Waals surface area contributed by atoms with Gasteiger partial charge in [-0.05, 0) is 51.4 Å². The van der Waals surface area contributed by atoms with Crippen LogP contribution in [-0.4, -0.2) is 34.4 Å². The minimum Gasteiger partial charge on any atom is -0.394 e. The second-order valence-corrected chi connectivity index (χ2v) is 8.63. The highest BCUT2D eigenvalue weighted by Crippen LogP contribution is 2.21. The highest BCUT2D eigenvalue weighted by Gasteiger charge is 2.33. The molecular formula is C14H34N2O2Si. The fourth-order valence-corrected chi connectivity index (χ4v) is 4.84. The second kappa shape index (κ2) is 11.8. The van der Waals surface area contributed by atoms with E-state index in [0.717, 1.165) is 51.2 Å². The quantitative estimate of drug-likeness (QED) is 0.404. The Kier molecular flexibility index (Phi) is 11.9. The number of unbranched alkanes of at least 4 members (excludes halogenated alkanes) is 1. The van der Waals surface area contributed by atoms with E-state index in [1.807, 2.05) is 0 Å². The summed E-state index contributed by atoms with van der Waals surface area (Å²) < 4.78 is 12.5. The van der Waals surface area contributed by atoms with Gasteiger partial charge in [0.2, 0.25) is 0 Å². The van der Waals surface area contributed by atoms with Gasteiger partial charge in [-0.1, -0.05) is 26.7 Å². The Balaban J connectivity index is 4.41. The summed E-state index contributed by atoms with van der Waals surface area (Å²) in [6, 6.07) is 0.984. The Bertz CT molecular complexity index is 202. The third-order valence-electron chi connectivity index (χ3n) is 3.26. The van der Waals surface area contributed by atoms with Gasteiger partial charge in [-0.3, -0.25) is 0 Å². The van der Waals surface area contributed by atoms with Crippen LogP contribution >= 0.6 is 0 Å². The molecule has 0 rings (SSSR count). The van der Waals surface area contributed by atoms with E-state index >= 15 is 0 Å². The molecule has 0 aliphatic heterocycles. The zero-order valence-corrected chi connectivity index (χ0v) is 14.1. The van der Waals surface area contributed by atoms with Gasteiger partial charge in [0.05, 0.1) is 0 Å². The fourth-order valence-electron chi connectivity index (χ4n) is 2.14. The van der Waals surface area contributed by atoms with Gasteiger partial charge in [0, 0.05) is 12.7 Å². The molecule has 4 nitrogen and oxygen atoms in total. The molecule has 5 heteroatoms. The van der Waals surface area contributed by atoms with Crippen LogP contribution in [0.25, 0.3) is 0 Å². The average molecular weight is 291 g/mol. The maximum Gasteiger partial charge on any atom is 0.335 e. The van der Waals surface area contributed by atoms with E-state index in [1.54, 1.807) is 0 Å². The molecule has 0 heterocycles. The van der Waals surface area contributed by atoms with Gasteiger partial charge in [0.25, 0.3) is 0 Å². The van der Waals surface area contributed by atoms with E-state index in [2.05, 4.69) is 20.4 Å². The molecule has 0 saturated heterocycles. The molecule has 0 spiro atoms. The lowest BCUT2D eigenvalue weighted by molar-refractivity contribution is 0.103. The van der Waals surface area contributed by atoms with E-state index in [1.165, 1.54) is 0 Å². The van der Waals surface area contributed by atoms with Gasteiger partial charge < -0.3 is 20.3 Å². The minimum atomic E-state index is -2.08. The molecule has 0 fully saturated rings. The molecule has 0 radical (unpaired) electrons. The van der Waals surface area contributed by atoms with Crippen molar-refractivity contribution in [3.05, 3.63) is 0 Å². The average Bonchev–Trinajstić information content (AvgIpc) is 2.37. The largest absolute Gasteiger partial charge is 0.394 e. The molecular weight excluding hydrogens is 256 g/mol. The van der Waals surface area contributed by atoms with E-state index in [0.29, 0.717) is 13.1 Å². The summed E-state index contributed by atoms with van der Waals surface area (Å²) in [4.78, 5) is 0. The molecule has 0 aromatic rings. The Morgan fingerprint density at radius 1 is 1.00 bits per heavy atom. The Hall–Kier alpha value is 0.0569. The third kappa shape index (κ3) is 9.57. The Morgan fingerprint density at radius 3 is 2.26 bits per heavy atom. The summed E-state index contributed by atoms with van der Waals surface area (Å²) in [6.45, 7) is 8.74. The predicted octanol–water partition coefficient (Wildman–Crippen LogP) is 2.76. The van der Waals surface area contributed by atoms with Crippen molar-refractivity contribution < 1.29 is 8.85 Å². The maximum atomic E-state index is 6.35. The normalized spacial score (nSPS) is 16.3. The molecule has 0 aromatic carbocycles. The highest BCUT2D eigenvalue weighted by atomic mass is 28.4. The molecule has 4 N–H and O–H groups in total. The van der Waals surface area contributed by atoms with Crippen LogP contribution in [0.3, 0.4) is 0 Å². The van der Waals surface area contributed by atoms with Crippen LogP contribution in [0, 0.1) is 0 Å². The topological polar surface area (TPSA) is 70.5 Å². The van der Waals surface area contributed by atoms with Crippen LogP contribution < -0.4 is 11.5 Å². The lowest BCUT2D eigenvalue weighted by Gasteiger charge is -2.32. The smallest absolute Gasteiger partial charge is 0.335 e. The van der Waals surface area contributed by atoms with Crippen LogP contribution in [0.1, 0.15) is 52.4 Å². The monoisotopic (exact) mass is 290 g/mol. The summed E-state index contributed by atoms with van der Waals surface area (Å²) in [5.74, 6) is 0. The van der Waals surface area contributed by atoms with Crippen LogP contribution in [0.4, 0.5) is 0 Å². The zero-order chi connectivity index (χ0) is 14.6. The first-order chi connectivity index (χ1) is 9.11. The summed E-state index contributed by atoms with van der Waals surface area (Å²) >= 11 is 0. The van der Waals surface area contributed by atoms with Crippen molar-refractivity contribution in [2.75, 3.05) is 19.7 Å². The van der Waals surface area contributed by atoms with Crippen molar-refractivity contribution >= 4 is 8.56 Å². The molecule has 0 bridgehead atoms. The summed E-state index contributed by atoms with van der Waals surface area (Å²) in [7, 11) is -2.08. The van der Waals surface area contributed by atoms with Crippen molar-refractivity contribution in [1.82, 2.24) is 0 Å². The first-order valence-corrected chi connectivity index (χ1v) is 10.4. The highest BCUT2D eigenvalue weighted by molar-refractivity contribution is 6.66. The van der Waals surface area contributed by atoms with Gasteiger partial charge in [0.15, 0.2) is 0 Å². The Morgan fingerprint density at radius 2 is 1.74 bits per heavy atom. The third-order valence-corrected chi connectivity index (χ3v) is 6.16. The van der Waals surface area contributed by atoms with Crippen molar-refractivity contribution in [2.24, 2.45) is 11.5 Å². The number of hydrogen-bond acceptors (Lipinski definition) is 4. The molecule has 19 heavy (non-hydrogen) atoms. The van der Waals surface area contributed by atoms with Crippen molar-refractivity contribution in [3.63, 3.8) is 0 Å². The van der Waals surface area contributed by atoms with E-state index in [4.69, 9.17) is 20.3 Å². The summed E-state index contributed by atoms with van der Waals surface area (Å²) in [5.41, 5.74) is 11.3. The molecule has 0 aliphatic rings. The van der Waals surface area contributed by atoms with Crippen LogP contribution in [-0.2, 0) is 8.85 Å². The van der Waals surface area contributed by atoms with Crippen LogP contribution in [0.5, 0.6) is 0 Å². The van der Waals surface area contributed by atoms with E-state index in [9.17, 15) is 0 Å². The molecule has 116 valence electrons. The van der Waals surface area contributed by atoms with Gasteiger partial charge >= 0.3 is 8.56 Å². The number of rotatable bonds is 13. The maximum absolute atomic E-state index is 6.35. The van der Waals surface area contributed by atoms with E-state index < -0.39 is 8.56 Å². The van der Waals surface area contributed by atoms with Crippen LogP contribution in [0.2, 0.25) is 12.6 Å². The molecule has 0 aliphatic carbocycles. The van der Waals surface area contributed by atoms with Gasteiger partial charge in [-0.2, -0.15) is 0 Å². The van der Waals surface area contributed by atoms with Crippen molar-refractivity contribution in [1.29, 1.82) is 0 Å². The van der Waals surface area contributed by atoms with Crippen LogP contribution in [0.15, 0.2) is 0 Å². The first kappa shape index (κ1) is 19.1. The van der Waals surface area contributed by atoms with Crippen molar-refractivity contribution in [2.45, 2.75) is 71.1 Å². The first-order valence-electron chi connectivity index (χ1n) is 7.83. The molecule has 0 aromatic heterocycles. The van der Waals surface area contributed by atoms with E-state index in [-0.39, 0.29) is 6.10 Å². The molecule has 2 atom stereocenters. The fraction of sp³-hybridized carbons (Fsp3) is 1.00. The standard InChI is InChI=1S/C14H34N2O2Si/c1-4-6-12-17-19(3,13-7-10-15)18-14(8-5-2)9-11-16/h14H,4-13,15-16H2,1-3H3. The summed E-state index contributed by atoms with van der Waals surface area (Å²) in [6.07, 6.45) is 6.62. The summed E-state index contributed by atoms with van der Waals surface area (Å²) in [5, 5.41) is 0.